The van der Waals surface area contributed by atoms with Gasteiger partial charge in [-0.2, -0.15) is 0 Å². The van der Waals surface area contributed by atoms with Gasteiger partial charge in [0.15, 0.2) is 0 Å². The molecule has 0 aliphatic heterocycles. The van der Waals surface area contributed by atoms with Gasteiger partial charge >= 0.3 is 0 Å². The van der Waals surface area contributed by atoms with Gasteiger partial charge in [-0.25, -0.2) is 0 Å². The molecule has 1 heterocycles. The highest BCUT2D eigenvalue weighted by Crippen LogP contribution is 2.15. The van der Waals surface area contributed by atoms with Gasteiger partial charge < -0.3 is 15.3 Å². The number of nitrogens with zero attached hydrogens (tertiary/aromatic N) is 1. The Balaban J connectivity index is 2.11. The van der Waals surface area contributed by atoms with Crippen molar-refractivity contribution >= 4 is 28.8 Å². The van der Waals surface area contributed by atoms with Crippen LogP contribution in [0, 0.1) is 0 Å². The fourth-order valence-electron chi connectivity index (χ4n) is 1.80. The highest BCUT2D eigenvalue weighted by Gasteiger charge is 2.12. The van der Waals surface area contributed by atoms with Gasteiger partial charge in [-0.1, -0.05) is 12.1 Å². The molecule has 0 saturated heterocycles. The maximum Gasteiger partial charge on any atom is 0.265 e. The van der Waals surface area contributed by atoms with Crippen LogP contribution in [0.2, 0.25) is 0 Å². The van der Waals surface area contributed by atoms with E-state index in [-0.39, 0.29) is 25.0 Å². The van der Waals surface area contributed by atoms with E-state index in [1.807, 2.05) is 11.4 Å². The molecule has 0 radical (unpaired) electrons. The van der Waals surface area contributed by atoms with E-state index in [1.165, 1.54) is 16.2 Å². The molecule has 1 aromatic carbocycles. The summed E-state index contributed by atoms with van der Waals surface area (Å²) in [6.45, 7) is 0.182. The lowest BCUT2D eigenvalue weighted by Crippen LogP contribution is -2.29. The highest BCUT2D eigenvalue weighted by atomic mass is 32.1. The third kappa shape index (κ3) is 3.90. The fourth-order valence-corrected chi connectivity index (χ4v) is 2.42. The van der Waals surface area contributed by atoms with Crippen LogP contribution in [0.1, 0.15) is 20.0 Å². The number of aliphatic hydroxyl groups excluding tert-OH is 1. The Morgan fingerprint density at radius 1 is 1.29 bits per heavy atom. The molecule has 21 heavy (non-hydrogen) atoms. The van der Waals surface area contributed by atoms with E-state index in [1.54, 1.807) is 37.4 Å². The molecule has 2 amide bonds. The lowest BCUT2D eigenvalue weighted by atomic mass is 10.1. The van der Waals surface area contributed by atoms with Gasteiger partial charge in [0, 0.05) is 24.8 Å². The van der Waals surface area contributed by atoms with Crippen LogP contribution in [-0.2, 0) is 0 Å². The molecule has 6 heteroatoms. The van der Waals surface area contributed by atoms with Crippen molar-refractivity contribution in [3.8, 4) is 0 Å². The van der Waals surface area contributed by atoms with Crippen molar-refractivity contribution in [1.82, 2.24) is 4.90 Å². The Hall–Kier alpha value is -2.18. The van der Waals surface area contributed by atoms with E-state index in [0.29, 0.717) is 16.1 Å². The second-order valence-corrected chi connectivity index (χ2v) is 5.41. The molecule has 2 N–H and O–H groups in total. The highest BCUT2D eigenvalue weighted by molar-refractivity contribution is 7.12. The van der Waals surface area contributed by atoms with Crippen LogP contribution in [0.5, 0.6) is 0 Å². The average Bonchev–Trinajstić information content (AvgIpc) is 3.01. The SMILES string of the molecule is CN(CCO)C(=O)c1cccc(NC(=O)c2cccs2)c1. The molecule has 0 saturated carbocycles. The molecule has 0 bridgehead atoms. The van der Waals surface area contributed by atoms with Crippen LogP contribution in [0.4, 0.5) is 5.69 Å². The number of thiophene rings is 1. The quantitative estimate of drug-likeness (QED) is 0.888. The number of anilines is 1. The Bertz CT molecular complexity index is 626. The monoisotopic (exact) mass is 304 g/mol. The molecular weight excluding hydrogens is 288 g/mol. The maximum atomic E-state index is 12.1. The largest absolute Gasteiger partial charge is 0.395 e. The smallest absolute Gasteiger partial charge is 0.265 e. The Morgan fingerprint density at radius 2 is 2.10 bits per heavy atom. The van der Waals surface area contributed by atoms with E-state index in [4.69, 9.17) is 5.11 Å². The van der Waals surface area contributed by atoms with Crippen molar-refractivity contribution in [2.75, 3.05) is 25.5 Å². The molecular formula is C15H16N2O3S. The normalized spacial score (nSPS) is 10.2. The van der Waals surface area contributed by atoms with Crippen molar-refractivity contribution in [3.63, 3.8) is 0 Å². The van der Waals surface area contributed by atoms with E-state index >= 15 is 0 Å². The number of hydrogen-bond donors (Lipinski definition) is 2. The van der Waals surface area contributed by atoms with Crippen molar-refractivity contribution < 1.29 is 14.7 Å². The summed E-state index contributed by atoms with van der Waals surface area (Å²) in [5, 5.41) is 13.5. The molecule has 0 spiro atoms. The number of likely N-dealkylation sites (N-methyl/N-ethyl adjacent to an activating group) is 1. The number of amides is 2. The Morgan fingerprint density at radius 3 is 2.76 bits per heavy atom. The number of rotatable bonds is 5. The number of benzene rings is 1. The van der Waals surface area contributed by atoms with Crippen LogP contribution in [0.25, 0.3) is 0 Å². The zero-order chi connectivity index (χ0) is 15.2. The first-order valence-electron chi connectivity index (χ1n) is 6.43. The molecule has 0 unspecified atom stereocenters. The molecule has 0 aliphatic carbocycles. The van der Waals surface area contributed by atoms with E-state index < -0.39 is 0 Å². The van der Waals surface area contributed by atoms with Gasteiger partial charge in [0.1, 0.15) is 0 Å². The zero-order valence-corrected chi connectivity index (χ0v) is 12.4. The van der Waals surface area contributed by atoms with Crippen molar-refractivity contribution in [2.45, 2.75) is 0 Å². The van der Waals surface area contributed by atoms with E-state index in [0.717, 1.165) is 0 Å². The minimum atomic E-state index is -0.198. The number of nitrogens with one attached hydrogen (secondary N) is 1. The van der Waals surface area contributed by atoms with Gasteiger partial charge in [-0.3, -0.25) is 9.59 Å². The Kier molecular flexibility index (Phi) is 5.08. The van der Waals surface area contributed by atoms with Gasteiger partial charge in [0.05, 0.1) is 11.5 Å². The second kappa shape index (κ2) is 7.01. The summed E-state index contributed by atoms with van der Waals surface area (Å²) in [5.74, 6) is -0.394. The molecule has 2 aromatic rings. The summed E-state index contributed by atoms with van der Waals surface area (Å²) in [5.41, 5.74) is 1.03. The topological polar surface area (TPSA) is 69.6 Å². The minimum Gasteiger partial charge on any atom is -0.395 e. The first kappa shape index (κ1) is 15.2. The third-order valence-corrected chi connectivity index (χ3v) is 3.76. The fraction of sp³-hybridized carbons (Fsp3) is 0.200. The van der Waals surface area contributed by atoms with E-state index in [9.17, 15) is 9.59 Å². The molecule has 0 fully saturated rings. The molecule has 0 atom stereocenters. The number of hydrogen-bond acceptors (Lipinski definition) is 4. The van der Waals surface area contributed by atoms with Gasteiger partial charge in [-0.05, 0) is 29.6 Å². The summed E-state index contributed by atoms with van der Waals surface area (Å²) in [4.78, 5) is 26.1. The standard InChI is InChI=1S/C15H16N2O3S/c1-17(7-8-18)15(20)11-4-2-5-12(10-11)16-14(19)13-6-3-9-21-13/h2-6,9-10,18H,7-8H2,1H3,(H,16,19). The van der Waals surface area contributed by atoms with Crippen molar-refractivity contribution in [1.29, 1.82) is 0 Å². The minimum absolute atomic E-state index is 0.0863. The average molecular weight is 304 g/mol. The molecule has 110 valence electrons. The lowest BCUT2D eigenvalue weighted by molar-refractivity contribution is 0.0766. The van der Waals surface area contributed by atoms with Gasteiger partial charge in [-0.15, -0.1) is 11.3 Å². The molecule has 2 rings (SSSR count). The zero-order valence-electron chi connectivity index (χ0n) is 11.6. The lowest BCUT2D eigenvalue weighted by Gasteiger charge is -2.16. The first-order valence-corrected chi connectivity index (χ1v) is 7.31. The summed E-state index contributed by atoms with van der Waals surface area (Å²) in [6, 6.07) is 10.3. The number of aliphatic hydroxyl groups is 1. The first-order chi connectivity index (χ1) is 10.1. The summed E-state index contributed by atoms with van der Waals surface area (Å²) in [6.07, 6.45) is 0. The van der Waals surface area contributed by atoms with Crippen LogP contribution < -0.4 is 5.32 Å². The van der Waals surface area contributed by atoms with Crippen LogP contribution >= 0.6 is 11.3 Å². The summed E-state index contributed by atoms with van der Waals surface area (Å²) >= 11 is 1.36. The third-order valence-electron chi connectivity index (χ3n) is 2.89. The number of carbonyl (C=O) groups excluding carboxylic acids is 2. The molecule has 1 aromatic heterocycles. The van der Waals surface area contributed by atoms with Crippen molar-refractivity contribution in [2.24, 2.45) is 0 Å². The van der Waals surface area contributed by atoms with Crippen LogP contribution in [-0.4, -0.2) is 42.0 Å². The van der Waals surface area contributed by atoms with Crippen LogP contribution in [0.3, 0.4) is 0 Å². The van der Waals surface area contributed by atoms with Gasteiger partial charge in [0.2, 0.25) is 0 Å². The van der Waals surface area contributed by atoms with Crippen molar-refractivity contribution in [3.05, 3.63) is 52.2 Å². The van der Waals surface area contributed by atoms with Gasteiger partial charge in [0.25, 0.3) is 11.8 Å². The Labute approximate surface area is 126 Å². The second-order valence-electron chi connectivity index (χ2n) is 4.46. The predicted molar refractivity (Wildman–Crippen MR) is 82.8 cm³/mol. The van der Waals surface area contributed by atoms with Crippen LogP contribution in [0.15, 0.2) is 41.8 Å². The predicted octanol–water partition coefficient (Wildman–Crippen LogP) is 2.06. The molecule has 5 nitrogen and oxygen atoms in total. The number of carbonyl (C=O) groups is 2. The molecule has 0 aliphatic rings. The summed E-state index contributed by atoms with van der Waals surface area (Å²) < 4.78 is 0. The summed E-state index contributed by atoms with van der Waals surface area (Å²) in [7, 11) is 1.62. The van der Waals surface area contributed by atoms with E-state index in [2.05, 4.69) is 5.32 Å². The maximum absolute atomic E-state index is 12.1.